The predicted molar refractivity (Wildman–Crippen MR) is 54.0 cm³/mol. The van der Waals surface area contributed by atoms with E-state index in [0.29, 0.717) is 6.20 Å². The van der Waals surface area contributed by atoms with Crippen molar-refractivity contribution < 1.29 is 35.9 Å². The Kier molecular flexibility index (Phi) is 4.49. The Labute approximate surface area is 112 Å². The third-order valence-electron chi connectivity index (χ3n) is 2.02. The van der Waals surface area contributed by atoms with Crippen LogP contribution < -0.4 is 10.5 Å². The SMILES string of the molecule is NCc1cnc(C(F)(F)F)c(OC(F)(F)F)c1C(=O)Cl. The average molecular weight is 323 g/mol. The molecule has 0 radical (unpaired) electrons. The van der Waals surface area contributed by atoms with Gasteiger partial charge in [-0.05, 0) is 17.2 Å². The largest absolute Gasteiger partial charge is 0.573 e. The zero-order chi connectivity index (χ0) is 15.7. The van der Waals surface area contributed by atoms with Crippen molar-refractivity contribution >= 4 is 16.8 Å². The van der Waals surface area contributed by atoms with Gasteiger partial charge in [0, 0.05) is 12.7 Å². The number of ether oxygens (including phenoxy) is 1. The molecule has 0 spiro atoms. The van der Waals surface area contributed by atoms with Crippen LogP contribution in [0.15, 0.2) is 6.20 Å². The van der Waals surface area contributed by atoms with Crippen LogP contribution in [-0.4, -0.2) is 16.6 Å². The Bertz CT molecular complexity index is 528. The van der Waals surface area contributed by atoms with E-state index in [9.17, 15) is 31.1 Å². The maximum atomic E-state index is 12.6. The first-order chi connectivity index (χ1) is 8.97. The van der Waals surface area contributed by atoms with Crippen molar-refractivity contribution in [3.05, 3.63) is 23.0 Å². The van der Waals surface area contributed by atoms with Crippen LogP contribution in [0.3, 0.4) is 0 Å². The van der Waals surface area contributed by atoms with Gasteiger partial charge in [-0.1, -0.05) is 0 Å². The summed E-state index contributed by atoms with van der Waals surface area (Å²) in [6, 6.07) is 0. The molecule has 0 aliphatic rings. The minimum Gasteiger partial charge on any atom is -0.403 e. The molecule has 11 heteroatoms. The predicted octanol–water partition coefficient (Wildman–Crippen LogP) is 2.84. The third kappa shape index (κ3) is 3.73. The number of aromatic nitrogens is 1. The van der Waals surface area contributed by atoms with Gasteiger partial charge in [0.05, 0.1) is 5.56 Å². The molecule has 1 rings (SSSR count). The van der Waals surface area contributed by atoms with Crippen LogP contribution in [0.1, 0.15) is 21.6 Å². The number of hydrogen-bond donors (Lipinski definition) is 1. The van der Waals surface area contributed by atoms with E-state index in [2.05, 4.69) is 9.72 Å². The molecule has 0 aliphatic heterocycles. The molecule has 112 valence electrons. The number of pyridine rings is 1. The summed E-state index contributed by atoms with van der Waals surface area (Å²) in [6.07, 6.45) is -10.2. The van der Waals surface area contributed by atoms with E-state index >= 15 is 0 Å². The van der Waals surface area contributed by atoms with Crippen molar-refractivity contribution in [2.75, 3.05) is 0 Å². The lowest BCUT2D eigenvalue weighted by molar-refractivity contribution is -0.276. The van der Waals surface area contributed by atoms with Crippen molar-refractivity contribution in [2.24, 2.45) is 5.73 Å². The quantitative estimate of drug-likeness (QED) is 0.686. The number of carbonyl (C=O) groups is 1. The fraction of sp³-hybridized carbons (Fsp3) is 0.333. The van der Waals surface area contributed by atoms with Gasteiger partial charge < -0.3 is 10.5 Å². The lowest BCUT2D eigenvalue weighted by atomic mass is 10.1. The van der Waals surface area contributed by atoms with Crippen LogP contribution in [0.4, 0.5) is 26.3 Å². The topological polar surface area (TPSA) is 65.2 Å². The van der Waals surface area contributed by atoms with Crippen molar-refractivity contribution in [1.29, 1.82) is 0 Å². The highest BCUT2D eigenvalue weighted by Crippen LogP contribution is 2.40. The van der Waals surface area contributed by atoms with E-state index in [4.69, 9.17) is 17.3 Å². The summed E-state index contributed by atoms with van der Waals surface area (Å²) >= 11 is 5.01. The molecular weight excluding hydrogens is 318 g/mol. The third-order valence-corrected chi connectivity index (χ3v) is 2.20. The molecule has 0 aromatic carbocycles. The van der Waals surface area contributed by atoms with E-state index in [-0.39, 0.29) is 0 Å². The Morgan fingerprint density at radius 1 is 1.30 bits per heavy atom. The average Bonchev–Trinajstić information content (AvgIpc) is 2.23. The number of nitrogens with two attached hydrogens (primary N) is 1. The van der Waals surface area contributed by atoms with E-state index in [0.717, 1.165) is 0 Å². The molecular formula is C9H5ClF6N2O2. The zero-order valence-electron chi connectivity index (χ0n) is 9.27. The minimum atomic E-state index is -5.46. The number of alkyl halides is 6. The number of hydrogen-bond acceptors (Lipinski definition) is 4. The summed E-state index contributed by atoms with van der Waals surface area (Å²) in [6.45, 7) is -0.548. The number of rotatable bonds is 3. The second-order valence-electron chi connectivity index (χ2n) is 3.36. The number of halogens is 7. The molecule has 0 saturated heterocycles. The molecule has 1 heterocycles. The van der Waals surface area contributed by atoms with E-state index in [1.54, 1.807) is 0 Å². The second kappa shape index (κ2) is 5.44. The molecule has 0 saturated carbocycles. The number of carbonyl (C=O) groups excluding carboxylic acids is 1. The highest BCUT2D eigenvalue weighted by atomic mass is 35.5. The smallest absolute Gasteiger partial charge is 0.403 e. The molecule has 0 unspecified atom stereocenters. The fourth-order valence-corrected chi connectivity index (χ4v) is 1.52. The van der Waals surface area contributed by atoms with Gasteiger partial charge in [0.2, 0.25) is 0 Å². The van der Waals surface area contributed by atoms with Gasteiger partial charge in [-0.15, -0.1) is 13.2 Å². The van der Waals surface area contributed by atoms with Crippen LogP contribution in [0.5, 0.6) is 5.75 Å². The Morgan fingerprint density at radius 3 is 2.20 bits per heavy atom. The lowest BCUT2D eigenvalue weighted by Crippen LogP contribution is -2.24. The van der Waals surface area contributed by atoms with Gasteiger partial charge in [0.1, 0.15) is 0 Å². The highest BCUT2D eigenvalue weighted by molar-refractivity contribution is 6.68. The first-order valence-corrected chi connectivity index (χ1v) is 5.10. The zero-order valence-corrected chi connectivity index (χ0v) is 10.0. The Morgan fingerprint density at radius 2 is 1.85 bits per heavy atom. The molecule has 4 nitrogen and oxygen atoms in total. The van der Waals surface area contributed by atoms with Gasteiger partial charge in [0.25, 0.3) is 5.24 Å². The summed E-state index contributed by atoms with van der Waals surface area (Å²) in [4.78, 5) is 13.9. The molecule has 20 heavy (non-hydrogen) atoms. The summed E-state index contributed by atoms with van der Waals surface area (Å²) in [5.41, 5.74) is 1.57. The maximum absolute atomic E-state index is 12.6. The summed E-state index contributed by atoms with van der Waals surface area (Å²) in [7, 11) is 0. The van der Waals surface area contributed by atoms with Crippen molar-refractivity contribution in [2.45, 2.75) is 19.1 Å². The van der Waals surface area contributed by atoms with Crippen LogP contribution in [-0.2, 0) is 12.7 Å². The summed E-state index contributed by atoms with van der Waals surface area (Å²) in [5, 5.41) is -1.57. The van der Waals surface area contributed by atoms with Crippen molar-refractivity contribution in [3.63, 3.8) is 0 Å². The Balaban J connectivity index is 3.64. The Hall–Kier alpha value is -1.55. The molecule has 1 aromatic rings. The molecule has 0 atom stereocenters. The molecule has 0 fully saturated rings. The summed E-state index contributed by atoms with van der Waals surface area (Å²) < 4.78 is 77.6. The second-order valence-corrected chi connectivity index (χ2v) is 3.70. The monoisotopic (exact) mass is 322 g/mol. The molecule has 0 amide bonds. The van der Waals surface area contributed by atoms with Gasteiger partial charge in [-0.2, -0.15) is 13.2 Å². The summed E-state index contributed by atoms with van der Waals surface area (Å²) in [5.74, 6) is -1.81. The van der Waals surface area contributed by atoms with Crippen LogP contribution in [0.25, 0.3) is 0 Å². The van der Waals surface area contributed by atoms with Crippen molar-refractivity contribution in [3.8, 4) is 5.75 Å². The molecule has 0 aliphatic carbocycles. The fourth-order valence-electron chi connectivity index (χ4n) is 1.32. The normalized spacial score (nSPS) is 12.4. The standard InChI is InChI=1S/C9H5ClF6N2O2/c10-7(19)4-3(1-17)2-18-6(8(11,12)13)5(4)20-9(14,15)16/h2H,1,17H2. The maximum Gasteiger partial charge on any atom is 0.573 e. The first-order valence-electron chi connectivity index (χ1n) is 4.72. The first kappa shape index (κ1) is 16.5. The van der Waals surface area contributed by atoms with Crippen molar-refractivity contribution in [1.82, 2.24) is 4.98 Å². The highest BCUT2D eigenvalue weighted by Gasteiger charge is 2.43. The van der Waals surface area contributed by atoms with Gasteiger partial charge in [-0.3, -0.25) is 4.79 Å². The number of nitrogens with zero attached hydrogens (tertiary/aromatic N) is 1. The van der Waals surface area contributed by atoms with E-state index in [1.165, 1.54) is 0 Å². The van der Waals surface area contributed by atoms with Gasteiger partial charge >= 0.3 is 12.5 Å². The lowest BCUT2D eigenvalue weighted by Gasteiger charge is -2.18. The minimum absolute atomic E-state index is 0.405. The van der Waals surface area contributed by atoms with E-state index < -0.39 is 46.9 Å². The van der Waals surface area contributed by atoms with Crippen LogP contribution >= 0.6 is 11.6 Å². The molecule has 0 bridgehead atoms. The van der Waals surface area contributed by atoms with Crippen LogP contribution in [0.2, 0.25) is 0 Å². The molecule has 1 aromatic heterocycles. The van der Waals surface area contributed by atoms with Gasteiger partial charge in [0.15, 0.2) is 11.4 Å². The molecule has 2 N–H and O–H groups in total. The van der Waals surface area contributed by atoms with Gasteiger partial charge in [-0.25, -0.2) is 4.98 Å². The van der Waals surface area contributed by atoms with Crippen LogP contribution in [0, 0.1) is 0 Å². The van der Waals surface area contributed by atoms with E-state index in [1.807, 2.05) is 0 Å².